The second kappa shape index (κ2) is 4.98. The summed E-state index contributed by atoms with van der Waals surface area (Å²) in [5, 5.41) is 4.43. The van der Waals surface area contributed by atoms with Crippen LogP contribution in [0.1, 0.15) is 18.2 Å². The van der Waals surface area contributed by atoms with Crippen molar-refractivity contribution >= 4 is 17.1 Å². The first-order chi connectivity index (χ1) is 10.7. The lowest BCUT2D eigenvalue weighted by Crippen LogP contribution is -2.35. The molecule has 1 aromatic carbocycles. The first-order valence-electron chi connectivity index (χ1n) is 7.45. The third-order valence-corrected chi connectivity index (χ3v) is 4.00. The summed E-state index contributed by atoms with van der Waals surface area (Å²) in [5.74, 6) is 0. The molecule has 2 aromatic heterocycles. The molecule has 0 saturated carbocycles. The molecule has 22 heavy (non-hydrogen) atoms. The van der Waals surface area contributed by atoms with Crippen molar-refractivity contribution in [2.75, 3.05) is 11.4 Å². The van der Waals surface area contributed by atoms with E-state index in [4.69, 9.17) is 4.42 Å². The largest absolute Gasteiger partial charge is 0.423 e. The Balaban J connectivity index is 1.69. The molecule has 0 fully saturated rings. The molecule has 1 aliphatic heterocycles. The van der Waals surface area contributed by atoms with Crippen molar-refractivity contribution in [3.8, 4) is 0 Å². The van der Waals surface area contributed by atoms with E-state index in [1.807, 2.05) is 31.2 Å². The molecule has 3 heterocycles. The van der Waals surface area contributed by atoms with Gasteiger partial charge in [0.05, 0.1) is 5.69 Å². The van der Waals surface area contributed by atoms with Gasteiger partial charge in [-0.1, -0.05) is 12.1 Å². The minimum absolute atomic E-state index is 0.0549. The molecule has 0 amide bonds. The maximum absolute atomic E-state index is 11.9. The van der Waals surface area contributed by atoms with E-state index >= 15 is 0 Å². The highest BCUT2D eigenvalue weighted by atomic mass is 16.4. The Labute approximate surface area is 127 Å². The van der Waals surface area contributed by atoms with Crippen LogP contribution in [0.3, 0.4) is 0 Å². The molecule has 4 rings (SSSR count). The molecule has 0 bridgehead atoms. The molecule has 112 valence electrons. The highest BCUT2D eigenvalue weighted by Crippen LogP contribution is 2.25. The molecule has 0 radical (unpaired) electrons. The van der Waals surface area contributed by atoms with Crippen LogP contribution < -0.4 is 10.5 Å². The maximum Gasteiger partial charge on any atom is 0.298 e. The molecule has 0 aliphatic carbocycles. The van der Waals surface area contributed by atoms with Crippen molar-refractivity contribution in [1.82, 2.24) is 14.8 Å². The number of para-hydroxylation sites is 2. The molecule has 0 saturated heterocycles. The van der Waals surface area contributed by atoms with Crippen molar-refractivity contribution in [3.05, 3.63) is 51.9 Å². The fraction of sp³-hybridized carbons (Fsp3) is 0.312. The molecular weight excluding hydrogens is 280 g/mol. The van der Waals surface area contributed by atoms with Gasteiger partial charge in [0, 0.05) is 37.7 Å². The Kier molecular flexibility index (Phi) is 2.96. The smallest absolute Gasteiger partial charge is 0.298 e. The van der Waals surface area contributed by atoms with Crippen LogP contribution in [0.2, 0.25) is 0 Å². The second-order valence-corrected chi connectivity index (χ2v) is 5.41. The lowest BCUT2D eigenvalue weighted by molar-refractivity contribution is 0.533. The fourth-order valence-electron chi connectivity index (χ4n) is 2.82. The van der Waals surface area contributed by atoms with Gasteiger partial charge in [-0.05, 0) is 19.1 Å². The SMILES string of the molecule is CCn1nc2c(cc1=O)CN(c1nc3ccccc3o1)CC2. The van der Waals surface area contributed by atoms with Crippen LogP contribution in [-0.4, -0.2) is 21.3 Å². The molecule has 0 N–H and O–H groups in total. The highest BCUT2D eigenvalue weighted by molar-refractivity contribution is 5.74. The predicted octanol–water partition coefficient (Wildman–Crippen LogP) is 1.97. The summed E-state index contributed by atoms with van der Waals surface area (Å²) < 4.78 is 7.32. The van der Waals surface area contributed by atoms with Gasteiger partial charge in [0.2, 0.25) is 0 Å². The van der Waals surface area contributed by atoms with E-state index < -0.39 is 0 Å². The molecule has 6 heteroatoms. The Morgan fingerprint density at radius 2 is 2.18 bits per heavy atom. The normalized spacial score (nSPS) is 14.3. The summed E-state index contributed by atoms with van der Waals surface area (Å²) in [6, 6.07) is 10.00. The summed E-state index contributed by atoms with van der Waals surface area (Å²) in [7, 11) is 0. The maximum atomic E-state index is 11.9. The van der Waals surface area contributed by atoms with E-state index in [0.29, 0.717) is 19.1 Å². The van der Waals surface area contributed by atoms with Gasteiger partial charge in [0.15, 0.2) is 5.58 Å². The average Bonchev–Trinajstić information content (AvgIpc) is 2.97. The second-order valence-electron chi connectivity index (χ2n) is 5.41. The topological polar surface area (TPSA) is 64.2 Å². The van der Waals surface area contributed by atoms with E-state index in [-0.39, 0.29) is 5.56 Å². The molecule has 1 aliphatic rings. The number of nitrogens with zero attached hydrogens (tertiary/aromatic N) is 4. The number of rotatable bonds is 2. The zero-order valence-corrected chi connectivity index (χ0v) is 12.3. The van der Waals surface area contributed by atoms with Crippen molar-refractivity contribution in [3.63, 3.8) is 0 Å². The van der Waals surface area contributed by atoms with E-state index in [1.54, 1.807) is 6.07 Å². The lowest BCUT2D eigenvalue weighted by atomic mass is 10.1. The van der Waals surface area contributed by atoms with Crippen LogP contribution in [0.4, 0.5) is 6.01 Å². The van der Waals surface area contributed by atoms with E-state index in [9.17, 15) is 4.79 Å². The standard InChI is InChI=1S/C16H16N4O2/c1-2-20-15(21)9-11-10-19(8-7-12(11)18-20)16-17-13-5-3-4-6-14(13)22-16/h3-6,9H,2,7-8,10H2,1H3. The zero-order valence-electron chi connectivity index (χ0n) is 12.3. The Hall–Kier alpha value is -2.63. The molecule has 0 spiro atoms. The van der Waals surface area contributed by atoms with Gasteiger partial charge in [0.1, 0.15) is 5.52 Å². The van der Waals surface area contributed by atoms with Gasteiger partial charge in [-0.25, -0.2) is 4.68 Å². The van der Waals surface area contributed by atoms with Crippen LogP contribution in [-0.2, 0) is 19.5 Å². The number of anilines is 1. The van der Waals surface area contributed by atoms with E-state index in [1.165, 1.54) is 4.68 Å². The monoisotopic (exact) mass is 296 g/mol. The Morgan fingerprint density at radius 1 is 1.32 bits per heavy atom. The lowest BCUT2D eigenvalue weighted by Gasteiger charge is -2.26. The summed E-state index contributed by atoms with van der Waals surface area (Å²) >= 11 is 0. The minimum atomic E-state index is -0.0549. The number of oxazole rings is 1. The highest BCUT2D eigenvalue weighted by Gasteiger charge is 2.22. The fourth-order valence-corrected chi connectivity index (χ4v) is 2.82. The van der Waals surface area contributed by atoms with Gasteiger partial charge in [-0.3, -0.25) is 4.79 Å². The minimum Gasteiger partial charge on any atom is -0.423 e. The van der Waals surface area contributed by atoms with Crippen LogP contribution in [0, 0.1) is 0 Å². The van der Waals surface area contributed by atoms with Crippen LogP contribution >= 0.6 is 0 Å². The zero-order chi connectivity index (χ0) is 15.1. The number of fused-ring (bicyclic) bond motifs is 2. The number of aromatic nitrogens is 3. The first-order valence-corrected chi connectivity index (χ1v) is 7.45. The Morgan fingerprint density at radius 3 is 3.00 bits per heavy atom. The predicted molar refractivity (Wildman–Crippen MR) is 82.9 cm³/mol. The van der Waals surface area contributed by atoms with Crippen LogP contribution in [0.15, 0.2) is 39.5 Å². The summed E-state index contributed by atoms with van der Waals surface area (Å²) in [5.41, 5.74) is 3.53. The number of hydrogen-bond acceptors (Lipinski definition) is 5. The van der Waals surface area contributed by atoms with Crippen molar-refractivity contribution in [2.45, 2.75) is 26.4 Å². The van der Waals surface area contributed by atoms with E-state index in [2.05, 4.69) is 15.0 Å². The van der Waals surface area contributed by atoms with Gasteiger partial charge in [-0.15, -0.1) is 0 Å². The molecule has 0 atom stereocenters. The molecule has 6 nitrogen and oxygen atoms in total. The van der Waals surface area contributed by atoms with Gasteiger partial charge >= 0.3 is 0 Å². The first kappa shape index (κ1) is 13.1. The van der Waals surface area contributed by atoms with Crippen molar-refractivity contribution in [2.24, 2.45) is 0 Å². The van der Waals surface area contributed by atoms with E-state index in [0.717, 1.165) is 35.3 Å². The number of hydrogen-bond donors (Lipinski definition) is 0. The number of aryl methyl sites for hydroxylation is 1. The molecule has 0 unspecified atom stereocenters. The van der Waals surface area contributed by atoms with Crippen LogP contribution in [0.25, 0.3) is 11.1 Å². The Bertz CT molecular complexity index is 864. The molecular formula is C16H16N4O2. The quantitative estimate of drug-likeness (QED) is 0.723. The van der Waals surface area contributed by atoms with Crippen LogP contribution in [0.5, 0.6) is 0 Å². The third kappa shape index (κ3) is 2.07. The summed E-state index contributed by atoms with van der Waals surface area (Å²) in [4.78, 5) is 18.5. The van der Waals surface area contributed by atoms with Gasteiger partial charge in [0.25, 0.3) is 11.6 Å². The van der Waals surface area contributed by atoms with Gasteiger partial charge < -0.3 is 9.32 Å². The summed E-state index contributed by atoms with van der Waals surface area (Å²) in [6.45, 7) is 3.92. The van der Waals surface area contributed by atoms with Crippen molar-refractivity contribution < 1.29 is 4.42 Å². The summed E-state index contributed by atoms with van der Waals surface area (Å²) in [6.07, 6.45) is 0.786. The molecule has 3 aromatic rings. The third-order valence-electron chi connectivity index (χ3n) is 4.00. The number of benzene rings is 1. The van der Waals surface area contributed by atoms with Crippen molar-refractivity contribution in [1.29, 1.82) is 0 Å². The van der Waals surface area contributed by atoms with Gasteiger partial charge in [-0.2, -0.15) is 10.1 Å². The average molecular weight is 296 g/mol.